The van der Waals surface area contributed by atoms with Crippen molar-refractivity contribution in [1.82, 2.24) is 0 Å². The Morgan fingerprint density at radius 3 is 2.02 bits per heavy atom. The van der Waals surface area contributed by atoms with Crippen molar-refractivity contribution >= 4 is 21.7 Å². The number of ketones is 1. The first kappa shape index (κ1) is 33.1. The predicted octanol–water partition coefficient (Wildman–Crippen LogP) is 9.92. The van der Waals surface area contributed by atoms with Gasteiger partial charge in [0.25, 0.3) is 0 Å². The van der Waals surface area contributed by atoms with Crippen molar-refractivity contribution in [2.24, 2.45) is 0 Å². The Bertz CT molecular complexity index is 1610. The van der Waals surface area contributed by atoms with Crippen LogP contribution in [0.4, 0.5) is 39.5 Å². The zero-order valence-electron chi connectivity index (χ0n) is 22.5. The molecule has 0 bridgehead atoms. The van der Waals surface area contributed by atoms with Crippen LogP contribution in [0.5, 0.6) is 5.75 Å². The molecule has 0 aliphatic heterocycles. The van der Waals surface area contributed by atoms with Gasteiger partial charge in [-0.15, -0.1) is 0 Å². The zero-order chi connectivity index (χ0) is 32.3. The lowest BCUT2D eigenvalue weighted by Crippen LogP contribution is -2.35. The van der Waals surface area contributed by atoms with Crippen molar-refractivity contribution in [3.8, 4) is 5.75 Å². The van der Waals surface area contributed by atoms with Crippen LogP contribution < -0.4 is 4.74 Å². The first-order valence-electron chi connectivity index (χ1n) is 12.9. The molecule has 0 aromatic heterocycles. The van der Waals surface area contributed by atoms with Crippen molar-refractivity contribution < 1.29 is 49.0 Å². The van der Waals surface area contributed by atoms with Crippen LogP contribution in [-0.2, 0) is 23.3 Å². The Labute approximate surface area is 254 Å². The fourth-order valence-electron chi connectivity index (χ4n) is 4.89. The lowest BCUT2D eigenvalue weighted by molar-refractivity contribution is -0.253. The molecule has 1 atom stereocenters. The third kappa shape index (κ3) is 7.46. The minimum atomic E-state index is -5.11. The number of Topliss-reactive ketones (excluding diaryl/α,β-unsaturated/α-hetero) is 1. The smallest absolute Gasteiger partial charge is 0.428 e. The third-order valence-corrected chi connectivity index (χ3v) is 7.64. The van der Waals surface area contributed by atoms with E-state index in [1.54, 1.807) is 54.6 Å². The molecule has 4 aromatic carbocycles. The first-order chi connectivity index (χ1) is 20.6. The molecule has 4 rings (SSSR count). The van der Waals surface area contributed by atoms with E-state index in [4.69, 9.17) is 0 Å². The highest BCUT2D eigenvalue weighted by atomic mass is 79.9. The van der Waals surface area contributed by atoms with Crippen LogP contribution in [0.2, 0.25) is 0 Å². The highest BCUT2D eigenvalue weighted by Gasteiger charge is 2.45. The SMILES string of the molecule is O=C(C[C@](Cc1ccccc1)(c1ccc(CBr)cc1)c1cc(F)cc(OC(F)(F)C(F)F)c1)c1ccc(F)c(C(F)(F)F)c1. The molecule has 0 aliphatic carbocycles. The van der Waals surface area contributed by atoms with Gasteiger partial charge in [0.05, 0.1) is 5.56 Å². The van der Waals surface area contributed by atoms with Gasteiger partial charge in [-0.25, -0.2) is 8.78 Å². The summed E-state index contributed by atoms with van der Waals surface area (Å²) in [4.78, 5) is 13.8. The van der Waals surface area contributed by atoms with Crippen LogP contribution in [0.15, 0.2) is 91.0 Å². The van der Waals surface area contributed by atoms with E-state index < -0.39 is 64.8 Å². The largest absolute Gasteiger partial charge is 0.461 e. The number of alkyl halides is 8. The highest BCUT2D eigenvalue weighted by molar-refractivity contribution is 9.08. The van der Waals surface area contributed by atoms with Crippen molar-refractivity contribution in [1.29, 1.82) is 0 Å². The molecular formula is C32H22BrF9O2. The van der Waals surface area contributed by atoms with Gasteiger partial charge in [0.2, 0.25) is 0 Å². The summed E-state index contributed by atoms with van der Waals surface area (Å²) < 4.78 is 127. The van der Waals surface area contributed by atoms with E-state index in [2.05, 4.69) is 20.7 Å². The van der Waals surface area contributed by atoms with Gasteiger partial charge in [0, 0.05) is 28.8 Å². The van der Waals surface area contributed by atoms with Crippen molar-refractivity contribution in [3.05, 3.63) is 136 Å². The van der Waals surface area contributed by atoms with E-state index in [1.807, 2.05) is 0 Å². The van der Waals surface area contributed by atoms with E-state index in [0.29, 0.717) is 34.7 Å². The molecule has 12 heteroatoms. The van der Waals surface area contributed by atoms with Crippen molar-refractivity contribution in [2.75, 3.05) is 0 Å². The molecular weight excluding hydrogens is 667 g/mol. The average Bonchev–Trinajstić information content (AvgIpc) is 2.96. The number of hydrogen-bond acceptors (Lipinski definition) is 2. The molecule has 232 valence electrons. The van der Waals surface area contributed by atoms with Gasteiger partial charge >= 0.3 is 18.7 Å². The summed E-state index contributed by atoms with van der Waals surface area (Å²) in [7, 11) is 0. The maximum Gasteiger partial charge on any atom is 0.461 e. The molecule has 0 amide bonds. The van der Waals surface area contributed by atoms with Gasteiger partial charge in [-0.05, 0) is 59.0 Å². The van der Waals surface area contributed by atoms with Crippen LogP contribution in [0.3, 0.4) is 0 Å². The van der Waals surface area contributed by atoms with Crippen LogP contribution in [0.1, 0.15) is 44.6 Å². The Balaban J connectivity index is 1.96. The summed E-state index contributed by atoms with van der Waals surface area (Å²) in [6.45, 7) is 0. The fourth-order valence-corrected chi connectivity index (χ4v) is 5.26. The summed E-state index contributed by atoms with van der Waals surface area (Å²) >= 11 is 3.31. The van der Waals surface area contributed by atoms with Gasteiger partial charge in [0.15, 0.2) is 5.78 Å². The minimum absolute atomic E-state index is 0.116. The summed E-state index contributed by atoms with van der Waals surface area (Å²) in [6.07, 6.45) is -15.1. The second kappa shape index (κ2) is 13.1. The number of carbonyl (C=O) groups is 1. The maximum atomic E-state index is 15.0. The highest BCUT2D eigenvalue weighted by Crippen LogP contribution is 2.43. The molecule has 0 spiro atoms. The van der Waals surface area contributed by atoms with E-state index in [9.17, 15) is 39.9 Å². The Morgan fingerprint density at radius 1 is 0.773 bits per heavy atom. The Kier molecular flexibility index (Phi) is 9.82. The predicted molar refractivity (Wildman–Crippen MR) is 148 cm³/mol. The second-order valence-electron chi connectivity index (χ2n) is 10.0. The quantitative estimate of drug-likeness (QED) is 0.0891. The molecule has 0 N–H and O–H groups in total. The Hall–Kier alpha value is -3.80. The van der Waals surface area contributed by atoms with Crippen LogP contribution in [0, 0.1) is 11.6 Å². The fraction of sp³-hybridized carbons (Fsp3) is 0.219. The second-order valence-corrected chi connectivity index (χ2v) is 10.6. The van der Waals surface area contributed by atoms with Crippen molar-refractivity contribution in [2.45, 2.75) is 42.3 Å². The van der Waals surface area contributed by atoms with Crippen LogP contribution >= 0.6 is 15.9 Å². The molecule has 44 heavy (non-hydrogen) atoms. The van der Waals surface area contributed by atoms with E-state index in [0.717, 1.165) is 23.8 Å². The first-order valence-corrected chi connectivity index (χ1v) is 14.0. The van der Waals surface area contributed by atoms with Crippen molar-refractivity contribution in [3.63, 3.8) is 0 Å². The molecule has 0 saturated heterocycles. The Morgan fingerprint density at radius 2 is 1.43 bits per heavy atom. The molecule has 0 saturated carbocycles. The zero-order valence-corrected chi connectivity index (χ0v) is 24.0. The van der Waals surface area contributed by atoms with Gasteiger partial charge in [0.1, 0.15) is 17.4 Å². The summed E-state index contributed by atoms with van der Waals surface area (Å²) in [5, 5.41) is 0.425. The number of benzene rings is 4. The van der Waals surface area contributed by atoms with Gasteiger partial charge < -0.3 is 4.74 Å². The summed E-state index contributed by atoms with van der Waals surface area (Å²) in [6, 6.07) is 18.8. The molecule has 0 unspecified atom stereocenters. The molecule has 4 aromatic rings. The maximum absolute atomic E-state index is 15.0. The van der Waals surface area contributed by atoms with Crippen LogP contribution in [-0.4, -0.2) is 18.3 Å². The van der Waals surface area contributed by atoms with E-state index in [-0.39, 0.29) is 12.0 Å². The topological polar surface area (TPSA) is 26.3 Å². The molecule has 0 radical (unpaired) electrons. The number of carbonyl (C=O) groups excluding carboxylic acids is 1. The lowest BCUT2D eigenvalue weighted by Gasteiger charge is -2.36. The van der Waals surface area contributed by atoms with E-state index in [1.165, 1.54) is 0 Å². The van der Waals surface area contributed by atoms with Crippen LogP contribution in [0.25, 0.3) is 0 Å². The summed E-state index contributed by atoms with van der Waals surface area (Å²) in [5.74, 6) is -4.64. The molecule has 0 heterocycles. The monoisotopic (exact) mass is 688 g/mol. The normalized spacial score (nSPS) is 13.5. The van der Waals surface area contributed by atoms with Gasteiger partial charge in [-0.2, -0.15) is 30.7 Å². The van der Waals surface area contributed by atoms with Gasteiger partial charge in [-0.1, -0.05) is 70.5 Å². The number of hydrogen-bond donors (Lipinski definition) is 0. The number of ether oxygens (including phenoxy) is 1. The number of rotatable bonds is 11. The standard InChI is InChI=1S/C32H22BrF9O2/c33-18-20-6-9-22(10-7-20)30(16-19-4-2-1-3-5-19,17-28(43)21-8-11-27(35)26(12-21)31(38,39)40)23-13-24(34)15-25(14-23)44-32(41,42)29(36)37/h1-15,29H,16-18H2/t30-/m1/s1. The van der Waals surface area contributed by atoms with Gasteiger partial charge in [-0.3, -0.25) is 4.79 Å². The average molecular weight is 689 g/mol. The number of halogens is 10. The third-order valence-electron chi connectivity index (χ3n) is 7.00. The molecule has 2 nitrogen and oxygen atoms in total. The molecule has 0 aliphatic rings. The summed E-state index contributed by atoms with van der Waals surface area (Å²) in [5.41, 5.74) is -2.34. The van der Waals surface area contributed by atoms with E-state index >= 15 is 4.39 Å². The molecule has 0 fully saturated rings. The minimum Gasteiger partial charge on any atom is -0.428 e. The lowest BCUT2D eigenvalue weighted by atomic mass is 9.66.